The molecule has 10 heteroatoms. The Morgan fingerprint density at radius 1 is 1.02 bits per heavy atom. The average molecular weight is 580 g/mol. The van der Waals surface area contributed by atoms with Gasteiger partial charge < -0.3 is 14.6 Å². The lowest BCUT2D eigenvalue weighted by atomic mass is 9.89. The molecule has 1 aliphatic heterocycles. The van der Waals surface area contributed by atoms with Crippen molar-refractivity contribution in [3.8, 4) is 11.3 Å². The number of ether oxygens (including phenoxy) is 1. The van der Waals surface area contributed by atoms with Crippen molar-refractivity contribution in [2.45, 2.75) is 109 Å². The Bertz CT molecular complexity index is 1310. The first-order valence-electron chi connectivity index (χ1n) is 14.3. The number of amides is 1. The van der Waals surface area contributed by atoms with E-state index in [0.717, 1.165) is 44.2 Å². The summed E-state index contributed by atoms with van der Waals surface area (Å²) in [7, 11) is -4.21. The van der Waals surface area contributed by atoms with Gasteiger partial charge >= 0.3 is 0 Å². The molecule has 0 radical (unpaired) electrons. The third-order valence-corrected chi connectivity index (χ3v) is 9.63. The molecule has 7 nitrogen and oxygen atoms in total. The zero-order chi connectivity index (χ0) is 29.3. The van der Waals surface area contributed by atoms with Gasteiger partial charge in [0, 0.05) is 55.2 Å². The molecule has 2 fully saturated rings. The van der Waals surface area contributed by atoms with Crippen LogP contribution in [0.1, 0.15) is 94.3 Å². The lowest BCUT2D eigenvalue weighted by molar-refractivity contribution is 0.0144. The van der Waals surface area contributed by atoms with Crippen LogP contribution in [0.5, 0.6) is 0 Å². The van der Waals surface area contributed by atoms with E-state index in [1.807, 2.05) is 6.92 Å². The van der Waals surface area contributed by atoms with Gasteiger partial charge in [-0.15, -0.1) is 0 Å². The van der Waals surface area contributed by atoms with Crippen LogP contribution in [0.15, 0.2) is 29.2 Å². The van der Waals surface area contributed by atoms with Crippen LogP contribution in [0.4, 0.5) is 8.78 Å². The number of nitrogens with zero attached hydrogens (tertiary/aromatic N) is 1. The molecule has 1 aromatic carbocycles. The monoisotopic (exact) mass is 579 g/mol. The number of carbonyl (C=O) groups is 1. The number of hydrogen-bond acceptors (Lipinski definition) is 4. The second-order valence-corrected chi connectivity index (χ2v) is 14.1. The number of rotatable bonds is 8. The predicted octanol–water partition coefficient (Wildman–Crippen LogP) is 6.14. The number of hydrogen-bond donors (Lipinski definition) is 2. The van der Waals surface area contributed by atoms with Crippen LogP contribution in [-0.2, 0) is 27.2 Å². The molecule has 0 atom stereocenters. The summed E-state index contributed by atoms with van der Waals surface area (Å²) in [6, 6.07) is 5.88. The minimum Gasteiger partial charge on any atom is -0.381 e. The van der Waals surface area contributed by atoms with Crippen LogP contribution >= 0.6 is 0 Å². The molecule has 1 aromatic heterocycles. The minimum atomic E-state index is -4.21. The van der Waals surface area contributed by atoms with Crippen LogP contribution < -0.4 is 10.0 Å². The third kappa shape index (κ3) is 7.31. The van der Waals surface area contributed by atoms with Gasteiger partial charge in [-0.1, -0.05) is 25.3 Å². The van der Waals surface area contributed by atoms with E-state index in [1.54, 1.807) is 32.9 Å². The van der Waals surface area contributed by atoms with Crippen molar-refractivity contribution in [2.24, 2.45) is 5.92 Å². The summed E-state index contributed by atoms with van der Waals surface area (Å²) in [6.07, 6.45) is 7.15. The van der Waals surface area contributed by atoms with Gasteiger partial charge in [-0.05, 0) is 83.1 Å². The number of aromatic nitrogens is 1. The maximum absolute atomic E-state index is 14.9. The number of sulfonamides is 1. The van der Waals surface area contributed by atoms with Crippen LogP contribution in [0, 0.1) is 12.8 Å². The van der Waals surface area contributed by atoms with Crippen LogP contribution in [0.3, 0.4) is 0 Å². The standard InChI is InChI=1S/C30H43F2N3O4S/c1-20-24(28(36)33-23-13-15-39-16-14-23)18-26(35(20)19-21-9-7-6-8-10-21)22-11-12-27(25(17-22)30(5,31)32)40(37,38)34-29(2,3)4/h11-12,17-18,21,23,34H,6-10,13-16,19H2,1-5H3,(H,33,36). The second kappa shape index (κ2) is 11.9. The maximum atomic E-state index is 14.9. The summed E-state index contributed by atoms with van der Waals surface area (Å²) in [5, 5.41) is 3.12. The zero-order valence-electron chi connectivity index (χ0n) is 24.3. The van der Waals surface area contributed by atoms with Gasteiger partial charge in [0.05, 0.1) is 10.5 Å². The molecule has 40 heavy (non-hydrogen) atoms. The van der Waals surface area contributed by atoms with Gasteiger partial charge in [0.1, 0.15) is 0 Å². The summed E-state index contributed by atoms with van der Waals surface area (Å²) in [5.41, 5.74) is 0.969. The van der Waals surface area contributed by atoms with Gasteiger partial charge in [-0.25, -0.2) is 21.9 Å². The molecule has 1 saturated carbocycles. The maximum Gasteiger partial charge on any atom is 0.271 e. The average Bonchev–Trinajstić information content (AvgIpc) is 3.19. The number of carbonyl (C=O) groups excluding carboxylic acids is 1. The molecular weight excluding hydrogens is 536 g/mol. The largest absolute Gasteiger partial charge is 0.381 e. The molecule has 0 spiro atoms. The summed E-state index contributed by atoms with van der Waals surface area (Å²) < 4.78 is 66.1. The molecule has 1 amide bonds. The first-order chi connectivity index (χ1) is 18.7. The number of benzene rings is 1. The van der Waals surface area contributed by atoms with Gasteiger partial charge in [-0.3, -0.25) is 4.79 Å². The van der Waals surface area contributed by atoms with Crippen molar-refractivity contribution < 1.29 is 26.7 Å². The fourth-order valence-electron chi connectivity index (χ4n) is 5.81. The Balaban J connectivity index is 1.79. The highest BCUT2D eigenvalue weighted by Gasteiger charge is 2.35. The van der Waals surface area contributed by atoms with Crippen molar-refractivity contribution >= 4 is 15.9 Å². The van der Waals surface area contributed by atoms with Crippen LogP contribution in [-0.4, -0.2) is 43.7 Å². The highest BCUT2D eigenvalue weighted by Crippen LogP contribution is 2.38. The van der Waals surface area contributed by atoms with E-state index in [9.17, 15) is 22.0 Å². The SMILES string of the molecule is Cc1c(C(=O)NC2CCOCC2)cc(-c2ccc(S(=O)(=O)NC(C)(C)C)c(C(C)(F)F)c2)n1CC1CCCCC1. The lowest BCUT2D eigenvalue weighted by Crippen LogP contribution is -2.41. The normalized spacial score (nSPS) is 18.2. The number of halogens is 2. The van der Waals surface area contributed by atoms with E-state index < -0.39 is 31.9 Å². The second-order valence-electron chi connectivity index (χ2n) is 12.5. The minimum absolute atomic E-state index is 0.0241. The molecule has 0 bridgehead atoms. The fourth-order valence-corrected chi connectivity index (χ4v) is 7.50. The topological polar surface area (TPSA) is 89.4 Å². The molecular formula is C30H43F2N3O4S. The molecule has 2 heterocycles. The highest BCUT2D eigenvalue weighted by molar-refractivity contribution is 7.89. The molecule has 2 N–H and O–H groups in total. The Hall–Kier alpha value is -2.30. The predicted molar refractivity (Wildman–Crippen MR) is 152 cm³/mol. The van der Waals surface area contributed by atoms with Crippen molar-refractivity contribution in [3.63, 3.8) is 0 Å². The molecule has 1 aliphatic carbocycles. The van der Waals surface area contributed by atoms with E-state index in [4.69, 9.17) is 4.74 Å². The first-order valence-corrected chi connectivity index (χ1v) is 15.8. The Morgan fingerprint density at radius 2 is 1.68 bits per heavy atom. The van der Waals surface area contributed by atoms with E-state index in [0.29, 0.717) is 49.4 Å². The number of nitrogens with one attached hydrogen (secondary N) is 2. The van der Waals surface area contributed by atoms with Crippen molar-refractivity contribution in [1.29, 1.82) is 0 Å². The van der Waals surface area contributed by atoms with Crippen molar-refractivity contribution in [3.05, 3.63) is 41.1 Å². The van der Waals surface area contributed by atoms with Crippen LogP contribution in [0.25, 0.3) is 11.3 Å². The van der Waals surface area contributed by atoms with Crippen molar-refractivity contribution in [1.82, 2.24) is 14.6 Å². The van der Waals surface area contributed by atoms with Gasteiger partial charge in [0.15, 0.2) is 0 Å². The third-order valence-electron chi connectivity index (χ3n) is 7.81. The summed E-state index contributed by atoms with van der Waals surface area (Å²) in [6.45, 7) is 9.48. The van der Waals surface area contributed by atoms with E-state index in [-0.39, 0.29) is 11.9 Å². The Morgan fingerprint density at radius 3 is 2.27 bits per heavy atom. The molecule has 2 aromatic rings. The van der Waals surface area contributed by atoms with Gasteiger partial charge in [0.2, 0.25) is 10.0 Å². The van der Waals surface area contributed by atoms with E-state index in [1.165, 1.54) is 18.6 Å². The fraction of sp³-hybridized carbons (Fsp3) is 0.633. The van der Waals surface area contributed by atoms with Crippen molar-refractivity contribution in [2.75, 3.05) is 13.2 Å². The lowest BCUT2D eigenvalue weighted by Gasteiger charge is -2.25. The zero-order valence-corrected chi connectivity index (χ0v) is 25.1. The molecule has 0 unspecified atom stereocenters. The van der Waals surface area contributed by atoms with Gasteiger partial charge in [-0.2, -0.15) is 0 Å². The highest BCUT2D eigenvalue weighted by atomic mass is 32.2. The Kier molecular flexibility index (Phi) is 9.12. The van der Waals surface area contributed by atoms with E-state index >= 15 is 0 Å². The first kappa shape index (κ1) is 30.7. The summed E-state index contributed by atoms with van der Waals surface area (Å²) in [5.74, 6) is -3.17. The molecule has 4 rings (SSSR count). The smallest absolute Gasteiger partial charge is 0.271 e. The molecule has 222 valence electrons. The molecule has 2 aliphatic rings. The van der Waals surface area contributed by atoms with Crippen LogP contribution in [0.2, 0.25) is 0 Å². The van der Waals surface area contributed by atoms with E-state index in [2.05, 4.69) is 14.6 Å². The summed E-state index contributed by atoms with van der Waals surface area (Å²) >= 11 is 0. The molecule has 1 saturated heterocycles. The quantitative estimate of drug-likeness (QED) is 0.393. The Labute approximate surface area is 237 Å². The number of alkyl halides is 2. The van der Waals surface area contributed by atoms with Gasteiger partial charge in [0.25, 0.3) is 11.8 Å². The summed E-state index contributed by atoms with van der Waals surface area (Å²) in [4.78, 5) is 12.9.